The number of nitro groups is 1. The Morgan fingerprint density at radius 2 is 1.97 bits per heavy atom. The van der Waals surface area contributed by atoms with Gasteiger partial charge in [0.1, 0.15) is 5.82 Å². The summed E-state index contributed by atoms with van der Waals surface area (Å²) >= 11 is 0. The Labute approximate surface area is 174 Å². The van der Waals surface area contributed by atoms with E-state index >= 15 is 0 Å². The molecule has 2 aromatic carbocycles. The summed E-state index contributed by atoms with van der Waals surface area (Å²) in [5.41, 5.74) is 1.49. The smallest absolute Gasteiger partial charge is 0.376 e. The number of amides is 1. The molecule has 0 radical (unpaired) electrons. The summed E-state index contributed by atoms with van der Waals surface area (Å²) in [6.45, 7) is 1.42. The van der Waals surface area contributed by atoms with Crippen molar-refractivity contribution in [3.05, 3.63) is 81.5 Å². The highest BCUT2D eigenvalue weighted by molar-refractivity contribution is 6.01. The molecule has 11 nitrogen and oxygen atoms in total. The Hall–Kier alpha value is -4.48. The fourth-order valence-corrected chi connectivity index (χ4v) is 2.05. The molecule has 0 fully saturated rings. The molecule has 0 saturated heterocycles. The zero-order chi connectivity index (χ0) is 22.8. The second kappa shape index (κ2) is 10.9. The molecule has 2 rings (SSSR count). The molecular formula is C19H16FN5O6. The van der Waals surface area contributed by atoms with Crippen molar-refractivity contribution >= 4 is 29.5 Å². The standard InChI is InChI=1S/C19H16FN5O6/c1-2-31-19(28)17(26)16(23-22-14-8-6-13(20)7-9-14)18(27)24-21-11-12-4-3-5-15(10-12)25(29)30/h3-11,26H,2H2,1H3,(H,24,27)/b17-16-,21-11?,23-22?. The van der Waals surface area contributed by atoms with Crippen LogP contribution in [-0.2, 0) is 14.3 Å². The van der Waals surface area contributed by atoms with Gasteiger partial charge in [-0.3, -0.25) is 14.9 Å². The molecule has 12 heteroatoms. The van der Waals surface area contributed by atoms with Gasteiger partial charge in [0.05, 0.1) is 23.4 Å². The maximum atomic E-state index is 13.0. The molecule has 0 aliphatic heterocycles. The van der Waals surface area contributed by atoms with Crippen LogP contribution >= 0.6 is 0 Å². The number of halogens is 1. The van der Waals surface area contributed by atoms with E-state index in [0.717, 1.165) is 18.3 Å². The summed E-state index contributed by atoms with van der Waals surface area (Å²) in [4.78, 5) is 34.3. The molecule has 0 atom stereocenters. The van der Waals surface area contributed by atoms with Crippen molar-refractivity contribution < 1.29 is 28.7 Å². The number of hydrogen-bond acceptors (Lipinski definition) is 9. The number of esters is 1. The summed E-state index contributed by atoms with van der Waals surface area (Å²) in [6, 6.07) is 10.2. The van der Waals surface area contributed by atoms with Gasteiger partial charge in [-0.15, -0.1) is 5.11 Å². The molecule has 0 unspecified atom stereocenters. The molecule has 31 heavy (non-hydrogen) atoms. The van der Waals surface area contributed by atoms with Crippen LogP contribution in [0.5, 0.6) is 0 Å². The Morgan fingerprint density at radius 3 is 2.61 bits per heavy atom. The van der Waals surface area contributed by atoms with Crippen molar-refractivity contribution in [3.63, 3.8) is 0 Å². The molecule has 0 aromatic heterocycles. The normalized spacial score (nSPS) is 11.9. The van der Waals surface area contributed by atoms with Gasteiger partial charge in [0.2, 0.25) is 11.5 Å². The fraction of sp³-hybridized carbons (Fsp3) is 0.105. The average molecular weight is 429 g/mol. The van der Waals surface area contributed by atoms with E-state index in [1.807, 2.05) is 5.43 Å². The van der Waals surface area contributed by atoms with Gasteiger partial charge >= 0.3 is 5.97 Å². The van der Waals surface area contributed by atoms with Gasteiger partial charge in [0.15, 0.2) is 0 Å². The van der Waals surface area contributed by atoms with Crippen LogP contribution in [0.4, 0.5) is 15.8 Å². The number of rotatable bonds is 8. The Bertz CT molecular complexity index is 1070. The second-order valence-corrected chi connectivity index (χ2v) is 5.65. The van der Waals surface area contributed by atoms with Crippen LogP contribution < -0.4 is 5.43 Å². The van der Waals surface area contributed by atoms with E-state index < -0.39 is 34.1 Å². The number of nitrogens with one attached hydrogen (secondary N) is 1. The van der Waals surface area contributed by atoms with Crippen molar-refractivity contribution in [2.45, 2.75) is 6.92 Å². The molecule has 2 aromatic rings. The molecule has 0 spiro atoms. The number of ether oxygens (including phenoxy) is 1. The van der Waals surface area contributed by atoms with Crippen LogP contribution in [0.15, 0.2) is 75.3 Å². The predicted octanol–water partition coefficient (Wildman–Crippen LogP) is 3.30. The molecule has 0 saturated carbocycles. The van der Waals surface area contributed by atoms with Crippen LogP contribution in [0.25, 0.3) is 0 Å². The first-order valence-corrected chi connectivity index (χ1v) is 8.67. The van der Waals surface area contributed by atoms with E-state index in [0.29, 0.717) is 5.56 Å². The van der Waals surface area contributed by atoms with Crippen molar-refractivity contribution in [1.29, 1.82) is 0 Å². The van der Waals surface area contributed by atoms with Gasteiger partial charge in [0.25, 0.3) is 11.6 Å². The van der Waals surface area contributed by atoms with E-state index in [2.05, 4.69) is 20.1 Å². The summed E-state index contributed by atoms with van der Waals surface area (Å²) in [6.07, 6.45) is 1.11. The lowest BCUT2D eigenvalue weighted by atomic mass is 10.2. The number of hydrogen-bond donors (Lipinski definition) is 2. The highest BCUT2D eigenvalue weighted by Crippen LogP contribution is 2.16. The summed E-state index contributed by atoms with van der Waals surface area (Å²) in [5, 5.41) is 31.7. The molecule has 1 amide bonds. The van der Waals surface area contributed by atoms with Crippen LogP contribution in [-0.4, -0.2) is 34.7 Å². The van der Waals surface area contributed by atoms with E-state index in [4.69, 9.17) is 0 Å². The van der Waals surface area contributed by atoms with Gasteiger partial charge < -0.3 is 9.84 Å². The lowest BCUT2D eigenvalue weighted by Crippen LogP contribution is -2.22. The first-order chi connectivity index (χ1) is 14.8. The Kier molecular flexibility index (Phi) is 8.02. The van der Waals surface area contributed by atoms with Gasteiger partial charge in [-0.25, -0.2) is 14.6 Å². The third kappa shape index (κ3) is 6.81. The largest absolute Gasteiger partial charge is 0.500 e. The lowest BCUT2D eigenvalue weighted by molar-refractivity contribution is -0.384. The van der Waals surface area contributed by atoms with Crippen LogP contribution in [0.2, 0.25) is 0 Å². The number of carbonyl (C=O) groups excluding carboxylic acids is 2. The molecule has 2 N–H and O–H groups in total. The van der Waals surface area contributed by atoms with Crippen molar-refractivity contribution in [2.75, 3.05) is 6.61 Å². The first kappa shape index (κ1) is 22.8. The van der Waals surface area contributed by atoms with E-state index in [1.54, 1.807) is 0 Å². The number of hydrazone groups is 1. The Morgan fingerprint density at radius 1 is 1.26 bits per heavy atom. The van der Waals surface area contributed by atoms with E-state index in [-0.39, 0.29) is 18.0 Å². The minimum absolute atomic E-state index is 0.0716. The van der Waals surface area contributed by atoms with Gasteiger partial charge in [-0.05, 0) is 31.2 Å². The maximum Gasteiger partial charge on any atom is 0.376 e. The van der Waals surface area contributed by atoms with E-state index in [9.17, 15) is 29.2 Å². The van der Waals surface area contributed by atoms with Crippen molar-refractivity contribution in [1.82, 2.24) is 5.43 Å². The highest BCUT2D eigenvalue weighted by Gasteiger charge is 2.22. The predicted molar refractivity (Wildman–Crippen MR) is 106 cm³/mol. The third-order valence-corrected chi connectivity index (χ3v) is 3.46. The summed E-state index contributed by atoms with van der Waals surface area (Å²) in [7, 11) is 0. The molecule has 0 bridgehead atoms. The zero-order valence-corrected chi connectivity index (χ0v) is 16.1. The fourth-order valence-electron chi connectivity index (χ4n) is 2.05. The number of aliphatic hydroxyl groups excluding tert-OH is 1. The van der Waals surface area contributed by atoms with Gasteiger partial charge in [0, 0.05) is 17.7 Å². The maximum absolute atomic E-state index is 13.0. The number of nitro benzene ring substituents is 1. The van der Waals surface area contributed by atoms with Crippen LogP contribution in [0, 0.1) is 15.9 Å². The van der Waals surface area contributed by atoms with Crippen molar-refractivity contribution in [2.24, 2.45) is 15.3 Å². The average Bonchev–Trinajstić information content (AvgIpc) is 2.75. The number of nitrogens with zero attached hydrogens (tertiary/aromatic N) is 4. The molecule has 0 aliphatic carbocycles. The van der Waals surface area contributed by atoms with E-state index in [1.165, 1.54) is 43.3 Å². The number of non-ortho nitro benzene ring substituents is 1. The molecule has 160 valence electrons. The molecule has 0 heterocycles. The lowest BCUT2D eigenvalue weighted by Gasteiger charge is -2.04. The van der Waals surface area contributed by atoms with Crippen molar-refractivity contribution in [3.8, 4) is 0 Å². The minimum atomic E-state index is -1.21. The summed E-state index contributed by atoms with van der Waals surface area (Å²) < 4.78 is 17.6. The molecule has 0 aliphatic rings. The highest BCUT2D eigenvalue weighted by atomic mass is 19.1. The monoisotopic (exact) mass is 429 g/mol. The number of azo groups is 1. The number of benzene rings is 2. The SMILES string of the molecule is CCOC(=O)/C(O)=C(/N=Nc1ccc(F)cc1)C(=O)NN=Cc1cccc([N+](=O)[O-])c1. The first-order valence-electron chi connectivity index (χ1n) is 8.67. The number of aliphatic hydroxyl groups is 1. The van der Waals surface area contributed by atoms with Crippen LogP contribution in [0.1, 0.15) is 12.5 Å². The third-order valence-electron chi connectivity index (χ3n) is 3.46. The topological polar surface area (TPSA) is 156 Å². The summed E-state index contributed by atoms with van der Waals surface area (Å²) in [5.74, 6) is -3.96. The Balaban J connectivity index is 2.24. The van der Waals surface area contributed by atoms with Gasteiger partial charge in [-0.1, -0.05) is 12.1 Å². The molecular weight excluding hydrogens is 413 g/mol. The zero-order valence-electron chi connectivity index (χ0n) is 16.1. The number of carbonyl (C=O) groups is 2. The quantitative estimate of drug-likeness (QED) is 0.125. The van der Waals surface area contributed by atoms with Crippen LogP contribution in [0.3, 0.4) is 0 Å². The van der Waals surface area contributed by atoms with Gasteiger partial charge in [-0.2, -0.15) is 10.2 Å². The second-order valence-electron chi connectivity index (χ2n) is 5.65. The minimum Gasteiger partial charge on any atom is -0.500 e.